The van der Waals surface area contributed by atoms with Gasteiger partial charge in [-0.15, -0.1) is 10.2 Å². The highest BCUT2D eigenvalue weighted by atomic mass is 32.2. The number of rotatable bonds is 7. The minimum absolute atomic E-state index is 0.134. The summed E-state index contributed by atoms with van der Waals surface area (Å²) < 4.78 is 25.3. The molecule has 0 spiro atoms. The molecule has 3 aromatic rings. The molecule has 0 aliphatic rings. The predicted molar refractivity (Wildman–Crippen MR) is 115 cm³/mol. The molecule has 0 bridgehead atoms. The molecule has 152 valence electrons. The highest BCUT2D eigenvalue weighted by Gasteiger charge is 2.15. The lowest BCUT2D eigenvalue weighted by molar-refractivity contribution is -0.113. The van der Waals surface area contributed by atoms with Crippen molar-refractivity contribution in [1.29, 1.82) is 0 Å². The van der Waals surface area contributed by atoms with Crippen LogP contribution in [0.2, 0.25) is 0 Å². The molecular formula is C20H22N4O3S2. The van der Waals surface area contributed by atoms with Gasteiger partial charge in [0.1, 0.15) is 0 Å². The number of aromatic nitrogens is 3. The minimum Gasteiger partial charge on any atom is -0.325 e. The van der Waals surface area contributed by atoms with Crippen molar-refractivity contribution in [2.24, 2.45) is 0 Å². The van der Waals surface area contributed by atoms with Gasteiger partial charge in [-0.1, -0.05) is 41.6 Å². The van der Waals surface area contributed by atoms with E-state index in [1.54, 1.807) is 12.1 Å². The second-order valence-corrected chi connectivity index (χ2v) is 9.52. The van der Waals surface area contributed by atoms with Crippen LogP contribution in [0.1, 0.15) is 12.5 Å². The smallest absolute Gasteiger partial charge is 0.234 e. The first-order valence-electron chi connectivity index (χ1n) is 9.01. The Bertz CT molecular complexity index is 1140. The fraction of sp³-hybridized carbons (Fsp3) is 0.250. The van der Waals surface area contributed by atoms with Gasteiger partial charge >= 0.3 is 0 Å². The summed E-state index contributed by atoms with van der Waals surface area (Å²) in [7, 11) is -3.33. The van der Waals surface area contributed by atoms with Crippen molar-refractivity contribution in [3.63, 3.8) is 0 Å². The van der Waals surface area contributed by atoms with Crippen LogP contribution in [-0.2, 0) is 21.2 Å². The van der Waals surface area contributed by atoms with E-state index in [9.17, 15) is 13.2 Å². The first-order chi connectivity index (χ1) is 13.8. The van der Waals surface area contributed by atoms with Gasteiger partial charge in [0.2, 0.25) is 5.91 Å². The molecular weight excluding hydrogens is 408 g/mol. The van der Waals surface area contributed by atoms with Crippen LogP contribution >= 0.6 is 11.8 Å². The molecule has 1 amide bonds. The molecule has 1 aromatic heterocycles. The summed E-state index contributed by atoms with van der Waals surface area (Å²) in [6.45, 7) is 4.70. The molecule has 7 nitrogen and oxygen atoms in total. The summed E-state index contributed by atoms with van der Waals surface area (Å²) >= 11 is 1.29. The topological polar surface area (TPSA) is 94.0 Å². The maximum absolute atomic E-state index is 12.3. The number of nitrogens with zero attached hydrogens (tertiary/aromatic N) is 3. The van der Waals surface area contributed by atoms with Crippen LogP contribution in [0.25, 0.3) is 11.4 Å². The summed E-state index contributed by atoms with van der Waals surface area (Å²) in [4.78, 5) is 12.5. The SMILES string of the molecule is CCn1c(SCC(=O)Nc2cccc(S(C)(=O)=O)c2)nnc1-c1cccc(C)c1. The first-order valence-corrected chi connectivity index (χ1v) is 11.9. The monoisotopic (exact) mass is 430 g/mol. The van der Waals surface area contributed by atoms with Crippen molar-refractivity contribution in [3.8, 4) is 11.4 Å². The maximum Gasteiger partial charge on any atom is 0.234 e. The number of nitrogens with one attached hydrogen (secondary N) is 1. The van der Waals surface area contributed by atoms with Crippen molar-refractivity contribution in [2.75, 3.05) is 17.3 Å². The molecule has 0 fully saturated rings. The Kier molecular flexibility index (Phi) is 6.39. The molecule has 0 aliphatic carbocycles. The molecule has 1 heterocycles. The van der Waals surface area contributed by atoms with Crippen LogP contribution in [-0.4, -0.2) is 41.1 Å². The van der Waals surface area contributed by atoms with E-state index >= 15 is 0 Å². The van der Waals surface area contributed by atoms with E-state index in [0.717, 1.165) is 23.2 Å². The highest BCUT2D eigenvalue weighted by Crippen LogP contribution is 2.25. The predicted octanol–water partition coefficient (Wildman–Crippen LogP) is 3.41. The molecule has 9 heteroatoms. The van der Waals surface area contributed by atoms with Gasteiger partial charge in [-0.05, 0) is 38.1 Å². The maximum atomic E-state index is 12.3. The second kappa shape index (κ2) is 8.79. The van der Waals surface area contributed by atoms with Crippen molar-refractivity contribution in [3.05, 3.63) is 54.1 Å². The molecule has 0 saturated carbocycles. The molecule has 3 rings (SSSR count). The lowest BCUT2D eigenvalue weighted by Crippen LogP contribution is -2.15. The third kappa shape index (κ3) is 5.24. The summed E-state index contributed by atoms with van der Waals surface area (Å²) in [5, 5.41) is 11.9. The van der Waals surface area contributed by atoms with Gasteiger partial charge in [-0.3, -0.25) is 4.79 Å². The third-order valence-electron chi connectivity index (χ3n) is 4.19. The average Bonchev–Trinajstić information content (AvgIpc) is 3.09. The number of anilines is 1. The molecule has 2 aromatic carbocycles. The molecule has 0 atom stereocenters. The summed E-state index contributed by atoms with van der Waals surface area (Å²) in [6, 6.07) is 14.2. The fourth-order valence-electron chi connectivity index (χ4n) is 2.81. The number of carbonyl (C=O) groups excluding carboxylic acids is 1. The van der Waals surface area contributed by atoms with E-state index in [1.807, 2.05) is 42.7 Å². The number of benzene rings is 2. The Morgan fingerprint density at radius 2 is 1.90 bits per heavy atom. The van der Waals surface area contributed by atoms with Crippen molar-refractivity contribution in [2.45, 2.75) is 30.4 Å². The van der Waals surface area contributed by atoms with E-state index in [0.29, 0.717) is 17.4 Å². The lowest BCUT2D eigenvalue weighted by atomic mass is 10.1. The number of thioether (sulfide) groups is 1. The van der Waals surface area contributed by atoms with E-state index in [1.165, 1.54) is 23.9 Å². The number of sulfone groups is 1. The molecule has 0 unspecified atom stereocenters. The van der Waals surface area contributed by atoms with Gasteiger partial charge in [0.15, 0.2) is 20.8 Å². The van der Waals surface area contributed by atoms with Crippen LogP contribution in [0.5, 0.6) is 0 Å². The summed E-state index contributed by atoms with van der Waals surface area (Å²) in [6.07, 6.45) is 1.13. The molecule has 0 aliphatic heterocycles. The Morgan fingerprint density at radius 3 is 2.59 bits per heavy atom. The summed E-state index contributed by atoms with van der Waals surface area (Å²) in [5.74, 6) is 0.651. The molecule has 29 heavy (non-hydrogen) atoms. The Balaban J connectivity index is 1.70. The van der Waals surface area contributed by atoms with Crippen molar-refractivity contribution < 1.29 is 13.2 Å². The third-order valence-corrected chi connectivity index (χ3v) is 6.26. The zero-order valence-corrected chi connectivity index (χ0v) is 18.0. The second-order valence-electron chi connectivity index (χ2n) is 6.56. The molecule has 1 N–H and O–H groups in total. The molecule has 0 saturated heterocycles. The molecule has 0 radical (unpaired) electrons. The number of hydrogen-bond acceptors (Lipinski definition) is 6. The Morgan fingerprint density at radius 1 is 1.14 bits per heavy atom. The van der Waals surface area contributed by atoms with E-state index in [2.05, 4.69) is 15.5 Å². The lowest BCUT2D eigenvalue weighted by Gasteiger charge is -2.09. The van der Waals surface area contributed by atoms with E-state index < -0.39 is 9.84 Å². The van der Waals surface area contributed by atoms with E-state index in [-0.39, 0.29) is 16.6 Å². The zero-order valence-electron chi connectivity index (χ0n) is 16.4. The number of hydrogen-bond donors (Lipinski definition) is 1. The van der Waals surface area contributed by atoms with Gasteiger partial charge in [-0.2, -0.15) is 0 Å². The Hall–Kier alpha value is -2.65. The van der Waals surface area contributed by atoms with Crippen LogP contribution in [0.15, 0.2) is 58.6 Å². The normalized spacial score (nSPS) is 11.4. The van der Waals surface area contributed by atoms with Gasteiger partial charge in [-0.25, -0.2) is 8.42 Å². The standard InChI is InChI=1S/C20H22N4O3S2/c1-4-24-19(15-8-5-7-14(2)11-15)22-23-20(24)28-13-18(25)21-16-9-6-10-17(12-16)29(3,26)27/h5-12H,4,13H2,1-3H3,(H,21,25). The Labute approximate surface area is 174 Å². The van der Waals surface area contributed by atoms with Crippen LogP contribution in [0.3, 0.4) is 0 Å². The van der Waals surface area contributed by atoms with Gasteiger partial charge in [0, 0.05) is 24.1 Å². The number of aryl methyl sites for hydroxylation is 1. The van der Waals surface area contributed by atoms with E-state index in [4.69, 9.17) is 0 Å². The average molecular weight is 431 g/mol. The minimum atomic E-state index is -3.33. The number of amides is 1. The van der Waals surface area contributed by atoms with Crippen molar-refractivity contribution >= 4 is 33.2 Å². The quantitative estimate of drug-likeness (QED) is 0.577. The van der Waals surface area contributed by atoms with Gasteiger partial charge in [0.05, 0.1) is 10.6 Å². The highest BCUT2D eigenvalue weighted by molar-refractivity contribution is 7.99. The van der Waals surface area contributed by atoms with Crippen LogP contribution < -0.4 is 5.32 Å². The van der Waals surface area contributed by atoms with Crippen LogP contribution in [0.4, 0.5) is 5.69 Å². The zero-order chi connectivity index (χ0) is 21.0. The largest absolute Gasteiger partial charge is 0.325 e. The van der Waals surface area contributed by atoms with Gasteiger partial charge in [0.25, 0.3) is 0 Å². The summed E-state index contributed by atoms with van der Waals surface area (Å²) in [5.41, 5.74) is 2.56. The van der Waals surface area contributed by atoms with Crippen molar-refractivity contribution in [1.82, 2.24) is 14.8 Å². The first kappa shape index (κ1) is 21.1. The van der Waals surface area contributed by atoms with Crippen LogP contribution in [0, 0.1) is 6.92 Å². The number of carbonyl (C=O) groups is 1. The fourth-order valence-corrected chi connectivity index (χ4v) is 4.28. The van der Waals surface area contributed by atoms with Gasteiger partial charge < -0.3 is 9.88 Å².